The highest BCUT2D eigenvalue weighted by Crippen LogP contribution is 2.05. The van der Waals surface area contributed by atoms with E-state index in [2.05, 4.69) is 35.9 Å². The van der Waals surface area contributed by atoms with Crippen LogP contribution in [0.4, 0.5) is 0 Å². The minimum absolute atomic E-state index is 0.739. The summed E-state index contributed by atoms with van der Waals surface area (Å²) in [6, 6.07) is 0. The molecule has 0 aliphatic heterocycles. The number of alkyl halides is 1. The molecule has 0 aromatic rings. The highest BCUT2D eigenvalue weighted by molar-refractivity contribution is 14.1. The van der Waals surface area contributed by atoms with Gasteiger partial charge in [-0.05, 0) is 12.8 Å². The first kappa shape index (κ1) is 8.69. The Morgan fingerprint density at radius 2 is 2.38 bits per heavy atom. The molecule has 0 rings (SSSR count). The molecule has 1 nitrogen and oxygen atoms in total. The van der Waals surface area contributed by atoms with E-state index >= 15 is 0 Å². The molecule has 0 N–H and O–H groups in total. The van der Waals surface area contributed by atoms with E-state index < -0.39 is 0 Å². The van der Waals surface area contributed by atoms with Crippen LogP contribution in [-0.4, -0.2) is 17.6 Å². The minimum Gasteiger partial charge on any atom is -0.384 e. The molecule has 0 aromatic heterocycles. The van der Waals surface area contributed by atoms with Crippen LogP contribution in [0.15, 0.2) is 0 Å². The summed E-state index contributed by atoms with van der Waals surface area (Å²) in [7, 11) is 1.72. The Balaban J connectivity index is 2.72. The van der Waals surface area contributed by atoms with Gasteiger partial charge < -0.3 is 4.74 Å². The number of hydrogen-bond donors (Lipinski definition) is 0. The number of ether oxygens (including phenoxy) is 1. The van der Waals surface area contributed by atoms with E-state index in [1.165, 1.54) is 0 Å². The van der Waals surface area contributed by atoms with Gasteiger partial charge in [0.05, 0.1) is 0 Å². The van der Waals surface area contributed by atoms with E-state index in [0.29, 0.717) is 0 Å². The fourth-order valence-electron chi connectivity index (χ4n) is 0.416. The van der Waals surface area contributed by atoms with Crippen molar-refractivity contribution >= 4 is 22.6 Å². The lowest BCUT2D eigenvalue weighted by atomic mass is 10.3. The zero-order valence-electron chi connectivity index (χ0n) is 5.36. The van der Waals surface area contributed by atoms with Crippen molar-refractivity contribution in [3.8, 4) is 0 Å². The van der Waals surface area contributed by atoms with Gasteiger partial charge in [-0.3, -0.25) is 0 Å². The van der Waals surface area contributed by atoms with E-state index in [1.54, 1.807) is 7.11 Å². The third-order valence-corrected chi connectivity index (χ3v) is 1.28. The summed E-state index contributed by atoms with van der Waals surface area (Å²) >= 11 is 2.40. The average Bonchev–Trinajstić information content (AvgIpc) is 1.66. The van der Waals surface area contributed by atoms with Gasteiger partial charge in [0.1, 0.15) is 0 Å². The van der Waals surface area contributed by atoms with Gasteiger partial charge in [-0.25, -0.2) is 0 Å². The first-order valence-electron chi connectivity index (χ1n) is 2.72. The van der Waals surface area contributed by atoms with Crippen molar-refractivity contribution in [3.05, 3.63) is 6.42 Å². The number of rotatable bonds is 4. The van der Waals surface area contributed by atoms with Crippen molar-refractivity contribution in [2.24, 2.45) is 0 Å². The summed E-state index contributed by atoms with van der Waals surface area (Å²) in [6.45, 7) is 2.97. The van der Waals surface area contributed by atoms with Crippen LogP contribution in [0.25, 0.3) is 0 Å². The normalized spacial score (nSPS) is 13.9. The Morgan fingerprint density at radius 3 is 2.75 bits per heavy atom. The summed E-state index contributed by atoms with van der Waals surface area (Å²) in [5, 5.41) is 0. The highest BCUT2D eigenvalue weighted by atomic mass is 127. The van der Waals surface area contributed by atoms with Crippen LogP contribution in [0.1, 0.15) is 13.3 Å². The Bertz CT molecular complexity index is 45.8. The summed E-state index contributed by atoms with van der Waals surface area (Å²) in [4.78, 5) is 0. The number of halogens is 1. The Labute approximate surface area is 64.9 Å². The molecule has 0 saturated heterocycles. The summed E-state index contributed by atoms with van der Waals surface area (Å²) in [5.74, 6) is 0. The average molecular weight is 227 g/mol. The Kier molecular flexibility index (Phi) is 6.32. The molecule has 0 bridgehead atoms. The van der Waals surface area contributed by atoms with Gasteiger partial charge in [0.15, 0.2) is 0 Å². The zero-order chi connectivity index (χ0) is 6.41. The molecule has 2 heteroatoms. The second-order valence-electron chi connectivity index (χ2n) is 1.76. The monoisotopic (exact) mass is 227 g/mol. The van der Waals surface area contributed by atoms with Gasteiger partial charge in [0, 0.05) is 17.6 Å². The lowest BCUT2D eigenvalue weighted by Gasteiger charge is -1.99. The maximum absolute atomic E-state index is 4.83. The second kappa shape index (κ2) is 5.82. The molecule has 0 aliphatic rings. The molecule has 0 amide bonds. The minimum atomic E-state index is 0.739. The topological polar surface area (TPSA) is 9.23 Å². The molecule has 0 aliphatic carbocycles. The van der Waals surface area contributed by atoms with Gasteiger partial charge in [-0.1, -0.05) is 29.5 Å². The molecule has 0 spiro atoms. The zero-order valence-corrected chi connectivity index (χ0v) is 7.51. The standard InChI is InChI=1S/C6H12IO/c1-6(7)4-3-5-8-2/h3,6H,4-5H2,1-2H3. The fourth-order valence-corrected chi connectivity index (χ4v) is 0.775. The van der Waals surface area contributed by atoms with Crippen molar-refractivity contribution in [2.75, 3.05) is 13.7 Å². The number of methoxy groups -OCH3 is 1. The lowest BCUT2D eigenvalue weighted by molar-refractivity contribution is 0.220. The first-order chi connectivity index (χ1) is 3.77. The third kappa shape index (κ3) is 6.69. The Morgan fingerprint density at radius 1 is 1.75 bits per heavy atom. The predicted molar refractivity (Wildman–Crippen MR) is 44.3 cm³/mol. The Hall–Kier alpha value is 0.690. The van der Waals surface area contributed by atoms with E-state index in [4.69, 9.17) is 4.74 Å². The van der Waals surface area contributed by atoms with Gasteiger partial charge in [-0.2, -0.15) is 0 Å². The summed E-state index contributed by atoms with van der Waals surface area (Å²) < 4.78 is 5.57. The molecule has 0 aromatic carbocycles. The van der Waals surface area contributed by atoms with Crippen LogP contribution in [0, 0.1) is 6.42 Å². The first-order valence-corrected chi connectivity index (χ1v) is 3.96. The molecular weight excluding hydrogens is 215 g/mol. The molecule has 0 fully saturated rings. The van der Waals surface area contributed by atoms with Crippen LogP contribution in [-0.2, 0) is 4.74 Å². The van der Waals surface area contributed by atoms with E-state index in [9.17, 15) is 0 Å². The van der Waals surface area contributed by atoms with Gasteiger partial charge in [0.25, 0.3) is 0 Å². The second-order valence-corrected chi connectivity index (χ2v) is 3.89. The van der Waals surface area contributed by atoms with Crippen LogP contribution in [0.3, 0.4) is 0 Å². The molecule has 1 atom stereocenters. The predicted octanol–water partition coefficient (Wildman–Crippen LogP) is 2.05. The quantitative estimate of drug-likeness (QED) is 0.405. The van der Waals surface area contributed by atoms with Crippen LogP contribution < -0.4 is 0 Å². The van der Waals surface area contributed by atoms with Crippen LogP contribution >= 0.6 is 22.6 Å². The molecule has 0 saturated carbocycles. The number of hydrogen-bond acceptors (Lipinski definition) is 1. The largest absolute Gasteiger partial charge is 0.384 e. The van der Waals surface area contributed by atoms with Gasteiger partial charge in [-0.15, -0.1) is 0 Å². The summed E-state index contributed by atoms with van der Waals surface area (Å²) in [6.07, 6.45) is 3.30. The van der Waals surface area contributed by atoms with E-state index in [1.807, 2.05) is 0 Å². The van der Waals surface area contributed by atoms with Crippen LogP contribution in [0.2, 0.25) is 0 Å². The van der Waals surface area contributed by atoms with Gasteiger partial charge >= 0.3 is 0 Å². The molecular formula is C6H12IO. The maximum atomic E-state index is 4.83. The van der Waals surface area contributed by atoms with Crippen molar-refractivity contribution in [2.45, 2.75) is 17.3 Å². The van der Waals surface area contributed by atoms with Gasteiger partial charge in [0.2, 0.25) is 0 Å². The van der Waals surface area contributed by atoms with Crippen molar-refractivity contribution < 1.29 is 4.74 Å². The van der Waals surface area contributed by atoms with E-state index in [-0.39, 0.29) is 0 Å². The van der Waals surface area contributed by atoms with Crippen LogP contribution in [0.5, 0.6) is 0 Å². The maximum Gasteiger partial charge on any atom is 0.0494 e. The third-order valence-electron chi connectivity index (χ3n) is 0.776. The molecule has 1 radical (unpaired) electrons. The molecule has 1 unspecified atom stereocenters. The van der Waals surface area contributed by atoms with Crippen molar-refractivity contribution in [3.63, 3.8) is 0 Å². The molecule has 0 heterocycles. The SMILES string of the molecule is COC[CH]CC(C)I. The fraction of sp³-hybridized carbons (Fsp3) is 0.833. The summed E-state index contributed by atoms with van der Waals surface area (Å²) in [5.41, 5.74) is 0. The van der Waals surface area contributed by atoms with E-state index in [0.717, 1.165) is 17.0 Å². The highest BCUT2D eigenvalue weighted by Gasteiger charge is 1.93. The molecule has 49 valence electrons. The van der Waals surface area contributed by atoms with Crippen molar-refractivity contribution in [1.82, 2.24) is 0 Å². The lowest BCUT2D eigenvalue weighted by Crippen LogP contribution is -1.95. The smallest absolute Gasteiger partial charge is 0.0494 e. The van der Waals surface area contributed by atoms with Crippen molar-refractivity contribution in [1.29, 1.82) is 0 Å². The molecule has 8 heavy (non-hydrogen) atoms.